The smallest absolute Gasteiger partial charge is 0.336 e. The molecule has 1 aromatic carbocycles. The first-order valence-corrected chi connectivity index (χ1v) is 4.52. The van der Waals surface area contributed by atoms with E-state index in [1.165, 1.54) is 13.0 Å². The van der Waals surface area contributed by atoms with Gasteiger partial charge in [-0.25, -0.2) is 4.79 Å². The molecule has 2 N–H and O–H groups in total. The molecule has 0 aliphatic heterocycles. The van der Waals surface area contributed by atoms with Crippen molar-refractivity contribution in [3.63, 3.8) is 0 Å². The highest BCUT2D eigenvalue weighted by molar-refractivity contribution is 9.10. The summed E-state index contributed by atoms with van der Waals surface area (Å²) in [5.41, 5.74) is 0.556. The maximum absolute atomic E-state index is 10.7. The predicted octanol–water partition coefficient (Wildman–Crippen LogP) is 2.20. The predicted molar refractivity (Wildman–Crippen MR) is 51.7 cm³/mol. The summed E-state index contributed by atoms with van der Waals surface area (Å²) >= 11 is 3.17. The van der Waals surface area contributed by atoms with Crippen LogP contribution in [-0.4, -0.2) is 16.2 Å². The molecule has 0 saturated heterocycles. The second kappa shape index (κ2) is 3.89. The Bertz CT molecular complexity index is 334. The van der Waals surface area contributed by atoms with Crippen LogP contribution in [-0.2, 0) is 0 Å². The fraction of sp³-hybridized carbons (Fsp3) is 0.222. The quantitative estimate of drug-likeness (QED) is 0.839. The van der Waals surface area contributed by atoms with E-state index in [1.807, 2.05) is 0 Å². The molecule has 1 unspecified atom stereocenters. The molecule has 0 fully saturated rings. The summed E-state index contributed by atoms with van der Waals surface area (Å²) in [6.07, 6.45) is -0.765. The first-order chi connectivity index (χ1) is 6.02. The van der Waals surface area contributed by atoms with E-state index in [2.05, 4.69) is 15.9 Å². The van der Waals surface area contributed by atoms with Crippen molar-refractivity contribution in [3.8, 4) is 0 Å². The average molecular weight is 245 g/mol. The Labute approximate surface area is 84.1 Å². The molecule has 4 heteroatoms. The Balaban J connectivity index is 3.27. The van der Waals surface area contributed by atoms with Gasteiger partial charge in [-0.3, -0.25) is 0 Å². The van der Waals surface area contributed by atoms with Gasteiger partial charge in [-0.05, 0) is 24.6 Å². The number of rotatable bonds is 2. The monoisotopic (exact) mass is 244 g/mol. The molecule has 13 heavy (non-hydrogen) atoms. The van der Waals surface area contributed by atoms with Gasteiger partial charge in [-0.1, -0.05) is 22.0 Å². The minimum atomic E-state index is -1.03. The van der Waals surface area contributed by atoms with Crippen molar-refractivity contribution in [1.82, 2.24) is 0 Å². The Morgan fingerprint density at radius 1 is 1.54 bits per heavy atom. The van der Waals surface area contributed by atoms with Gasteiger partial charge in [-0.2, -0.15) is 0 Å². The molecule has 0 bridgehead atoms. The normalized spacial score (nSPS) is 12.5. The number of carboxylic acid groups (broad SMARTS) is 1. The summed E-state index contributed by atoms with van der Waals surface area (Å²) in [6, 6.07) is 4.77. The number of aromatic carboxylic acids is 1. The molecule has 1 rings (SSSR count). The maximum Gasteiger partial charge on any atom is 0.336 e. The van der Waals surface area contributed by atoms with Gasteiger partial charge >= 0.3 is 5.97 Å². The topological polar surface area (TPSA) is 57.5 Å². The minimum Gasteiger partial charge on any atom is -0.478 e. The van der Waals surface area contributed by atoms with Crippen molar-refractivity contribution in [1.29, 1.82) is 0 Å². The van der Waals surface area contributed by atoms with Gasteiger partial charge in [0.1, 0.15) is 0 Å². The van der Waals surface area contributed by atoms with Crippen LogP contribution in [0.4, 0.5) is 0 Å². The number of aliphatic hydroxyl groups is 1. The second-order valence-corrected chi connectivity index (χ2v) is 3.63. The van der Waals surface area contributed by atoms with Crippen LogP contribution in [0.5, 0.6) is 0 Å². The van der Waals surface area contributed by atoms with Crippen LogP contribution in [0.3, 0.4) is 0 Å². The van der Waals surface area contributed by atoms with E-state index in [9.17, 15) is 9.90 Å². The third-order valence-electron chi connectivity index (χ3n) is 1.70. The summed E-state index contributed by atoms with van der Waals surface area (Å²) in [7, 11) is 0. The van der Waals surface area contributed by atoms with Crippen molar-refractivity contribution in [2.75, 3.05) is 0 Å². The van der Waals surface area contributed by atoms with Gasteiger partial charge in [0, 0.05) is 4.47 Å². The van der Waals surface area contributed by atoms with Crippen LogP contribution in [0, 0.1) is 0 Å². The number of halogens is 1. The first kappa shape index (κ1) is 10.2. The van der Waals surface area contributed by atoms with Gasteiger partial charge in [0.05, 0.1) is 11.7 Å². The highest BCUT2D eigenvalue weighted by Gasteiger charge is 2.13. The number of hydrogen-bond acceptors (Lipinski definition) is 2. The molecular formula is C9H9BrO3. The molecule has 0 aromatic heterocycles. The summed E-state index contributed by atoms with van der Waals surface area (Å²) in [4.78, 5) is 10.7. The van der Waals surface area contributed by atoms with Gasteiger partial charge in [0.15, 0.2) is 0 Å². The first-order valence-electron chi connectivity index (χ1n) is 3.73. The van der Waals surface area contributed by atoms with Gasteiger partial charge in [-0.15, -0.1) is 0 Å². The molecule has 0 heterocycles. The molecule has 0 aliphatic rings. The molecule has 1 aromatic rings. The van der Waals surface area contributed by atoms with Gasteiger partial charge < -0.3 is 10.2 Å². The Hall–Kier alpha value is -0.870. The minimum absolute atomic E-state index is 0.129. The lowest BCUT2D eigenvalue weighted by atomic mass is 10.0. The van der Waals surface area contributed by atoms with Crippen LogP contribution < -0.4 is 0 Å². The van der Waals surface area contributed by atoms with E-state index < -0.39 is 12.1 Å². The Kier molecular flexibility index (Phi) is 3.06. The van der Waals surface area contributed by atoms with E-state index in [1.54, 1.807) is 12.1 Å². The zero-order chi connectivity index (χ0) is 10.0. The number of carboxylic acids is 1. The van der Waals surface area contributed by atoms with Crippen molar-refractivity contribution in [3.05, 3.63) is 33.8 Å². The molecule has 70 valence electrons. The van der Waals surface area contributed by atoms with Gasteiger partial charge in [0.25, 0.3) is 0 Å². The second-order valence-electron chi connectivity index (χ2n) is 2.71. The van der Waals surface area contributed by atoms with E-state index in [0.29, 0.717) is 10.0 Å². The van der Waals surface area contributed by atoms with Crippen LogP contribution in [0.25, 0.3) is 0 Å². The highest BCUT2D eigenvalue weighted by Crippen LogP contribution is 2.21. The molecule has 0 radical (unpaired) electrons. The van der Waals surface area contributed by atoms with Crippen LogP contribution >= 0.6 is 15.9 Å². The van der Waals surface area contributed by atoms with Crippen molar-refractivity contribution in [2.45, 2.75) is 13.0 Å². The lowest BCUT2D eigenvalue weighted by Gasteiger charge is -2.08. The maximum atomic E-state index is 10.7. The standard InChI is InChI=1S/C9H9BrO3/c1-5(11)7-3-2-6(10)4-8(7)9(12)13/h2-5,11H,1H3,(H,12,13). The summed E-state index contributed by atoms with van der Waals surface area (Å²) < 4.78 is 0.689. The third-order valence-corrected chi connectivity index (χ3v) is 2.19. The van der Waals surface area contributed by atoms with E-state index in [0.717, 1.165) is 0 Å². The Morgan fingerprint density at radius 2 is 2.15 bits per heavy atom. The lowest BCUT2D eigenvalue weighted by molar-refractivity contribution is 0.0690. The Morgan fingerprint density at radius 3 is 2.62 bits per heavy atom. The summed E-state index contributed by atoms with van der Waals surface area (Å²) in [5.74, 6) is -1.03. The van der Waals surface area contributed by atoms with Crippen LogP contribution in [0.15, 0.2) is 22.7 Å². The van der Waals surface area contributed by atoms with E-state index >= 15 is 0 Å². The van der Waals surface area contributed by atoms with Crippen molar-refractivity contribution in [2.24, 2.45) is 0 Å². The fourth-order valence-corrected chi connectivity index (χ4v) is 1.44. The highest BCUT2D eigenvalue weighted by atomic mass is 79.9. The van der Waals surface area contributed by atoms with Crippen molar-refractivity contribution < 1.29 is 15.0 Å². The molecule has 1 atom stereocenters. The molecule has 3 nitrogen and oxygen atoms in total. The zero-order valence-electron chi connectivity index (χ0n) is 6.99. The zero-order valence-corrected chi connectivity index (χ0v) is 8.58. The number of hydrogen-bond donors (Lipinski definition) is 2. The van der Waals surface area contributed by atoms with Crippen molar-refractivity contribution >= 4 is 21.9 Å². The molecule has 0 saturated carbocycles. The van der Waals surface area contributed by atoms with Crippen LogP contribution in [0.2, 0.25) is 0 Å². The largest absolute Gasteiger partial charge is 0.478 e. The fourth-order valence-electron chi connectivity index (χ4n) is 1.08. The third kappa shape index (κ3) is 2.29. The SMILES string of the molecule is CC(O)c1ccc(Br)cc1C(=O)O. The molecule has 0 spiro atoms. The average Bonchev–Trinajstić information content (AvgIpc) is 2.03. The molecular weight excluding hydrogens is 236 g/mol. The molecule has 0 amide bonds. The van der Waals surface area contributed by atoms with Gasteiger partial charge in [0.2, 0.25) is 0 Å². The number of carbonyl (C=O) groups is 1. The van der Waals surface area contributed by atoms with E-state index in [-0.39, 0.29) is 5.56 Å². The number of benzene rings is 1. The molecule has 0 aliphatic carbocycles. The summed E-state index contributed by atoms with van der Waals surface area (Å²) in [5, 5.41) is 18.1. The van der Waals surface area contributed by atoms with Crippen LogP contribution in [0.1, 0.15) is 28.9 Å². The summed E-state index contributed by atoms with van der Waals surface area (Å²) in [6.45, 7) is 1.54. The van der Waals surface area contributed by atoms with E-state index in [4.69, 9.17) is 5.11 Å². The number of aliphatic hydroxyl groups excluding tert-OH is 1. The lowest BCUT2D eigenvalue weighted by Crippen LogP contribution is -2.04.